The van der Waals surface area contributed by atoms with Crippen LogP contribution in [-0.4, -0.2) is 51.7 Å². The number of piperazine rings is 1. The second-order valence-electron chi connectivity index (χ2n) is 7.75. The molecular formula is C19H23ClN4. The highest BCUT2D eigenvalue weighted by Crippen LogP contribution is 2.60. The molecule has 2 aromatic rings. The first-order valence-corrected chi connectivity index (χ1v) is 9.35. The van der Waals surface area contributed by atoms with Crippen molar-refractivity contribution < 1.29 is 0 Å². The van der Waals surface area contributed by atoms with Crippen LogP contribution in [0.3, 0.4) is 0 Å². The smallest absolute Gasteiger partial charge is 0.0695 e. The zero-order valence-electron chi connectivity index (χ0n) is 13.8. The van der Waals surface area contributed by atoms with Gasteiger partial charge in [0.1, 0.15) is 0 Å². The maximum Gasteiger partial charge on any atom is 0.0695 e. The summed E-state index contributed by atoms with van der Waals surface area (Å²) in [6.07, 6.45) is 6.36. The summed E-state index contributed by atoms with van der Waals surface area (Å²) in [4.78, 5) is 5.32. The minimum atomic E-state index is 0.623. The van der Waals surface area contributed by atoms with Gasteiger partial charge in [-0.1, -0.05) is 23.7 Å². The van der Waals surface area contributed by atoms with E-state index in [9.17, 15) is 0 Å². The van der Waals surface area contributed by atoms with Crippen molar-refractivity contribution in [1.82, 2.24) is 20.0 Å². The van der Waals surface area contributed by atoms with Crippen molar-refractivity contribution in [1.29, 1.82) is 0 Å². The van der Waals surface area contributed by atoms with Crippen LogP contribution in [0.4, 0.5) is 0 Å². The monoisotopic (exact) mass is 342 g/mol. The van der Waals surface area contributed by atoms with Gasteiger partial charge in [-0.25, -0.2) is 0 Å². The standard InChI is InChI=1S/C19H23ClN4/c20-17-3-1-2-15(8-17)18-16(12-21-22-18)13-23-4-6-24(7-5-23)19-9-14(10-19)11-19/h1-3,8,12,14H,4-7,9-11,13H2,(H,21,22). The van der Waals surface area contributed by atoms with E-state index in [1.807, 2.05) is 24.4 Å². The molecular weight excluding hydrogens is 320 g/mol. The lowest BCUT2D eigenvalue weighted by Gasteiger charge is -2.67. The third-order valence-electron chi connectivity index (χ3n) is 6.27. The fourth-order valence-electron chi connectivity index (χ4n) is 4.77. The van der Waals surface area contributed by atoms with E-state index in [1.54, 1.807) is 0 Å². The van der Waals surface area contributed by atoms with Crippen LogP contribution in [0.25, 0.3) is 11.3 Å². The van der Waals surface area contributed by atoms with Gasteiger partial charge >= 0.3 is 0 Å². The summed E-state index contributed by atoms with van der Waals surface area (Å²) in [6.45, 7) is 5.72. The molecule has 1 N–H and O–H groups in total. The van der Waals surface area contributed by atoms with Gasteiger partial charge in [-0.2, -0.15) is 5.10 Å². The van der Waals surface area contributed by atoms with Crippen molar-refractivity contribution in [3.8, 4) is 11.3 Å². The lowest BCUT2D eigenvalue weighted by molar-refractivity contribution is -0.155. The third-order valence-corrected chi connectivity index (χ3v) is 6.51. The first kappa shape index (κ1) is 14.9. The maximum atomic E-state index is 6.14. The van der Waals surface area contributed by atoms with Crippen LogP contribution >= 0.6 is 11.6 Å². The van der Waals surface area contributed by atoms with Crippen LogP contribution in [-0.2, 0) is 6.54 Å². The summed E-state index contributed by atoms with van der Waals surface area (Å²) < 4.78 is 0. The Labute approximate surface area is 147 Å². The fraction of sp³-hybridized carbons (Fsp3) is 0.526. The topological polar surface area (TPSA) is 35.2 Å². The number of nitrogens with zero attached hydrogens (tertiary/aromatic N) is 3. The van der Waals surface area contributed by atoms with Crippen LogP contribution in [0.2, 0.25) is 5.02 Å². The summed E-state index contributed by atoms with van der Waals surface area (Å²) >= 11 is 6.14. The molecule has 4 fully saturated rings. The van der Waals surface area contributed by atoms with E-state index in [1.165, 1.54) is 37.9 Å². The average Bonchev–Trinajstić information content (AvgIpc) is 2.94. The Hall–Kier alpha value is -1.36. The van der Waals surface area contributed by atoms with Crippen molar-refractivity contribution >= 4 is 11.6 Å². The minimum Gasteiger partial charge on any atom is -0.296 e. The van der Waals surface area contributed by atoms with Gasteiger partial charge in [-0.05, 0) is 37.3 Å². The number of rotatable bonds is 4. The quantitative estimate of drug-likeness (QED) is 0.925. The van der Waals surface area contributed by atoms with Crippen molar-refractivity contribution in [3.63, 3.8) is 0 Å². The Bertz CT molecular complexity index is 730. The molecule has 1 saturated heterocycles. The molecule has 4 aliphatic rings. The molecule has 24 heavy (non-hydrogen) atoms. The van der Waals surface area contributed by atoms with Gasteiger partial charge in [0.05, 0.1) is 11.9 Å². The molecule has 1 aromatic carbocycles. The van der Waals surface area contributed by atoms with E-state index in [4.69, 9.17) is 11.6 Å². The SMILES string of the molecule is Clc1cccc(-c2[nH]ncc2CN2CCN(C34CC(C3)C4)CC2)c1. The van der Waals surface area contributed by atoms with E-state index in [0.29, 0.717) is 5.54 Å². The first-order valence-electron chi connectivity index (χ1n) is 8.97. The summed E-state index contributed by atoms with van der Waals surface area (Å²) in [6, 6.07) is 7.99. The number of halogens is 1. The molecule has 2 heterocycles. The first-order chi connectivity index (χ1) is 11.7. The van der Waals surface area contributed by atoms with E-state index < -0.39 is 0 Å². The van der Waals surface area contributed by atoms with Gasteiger partial charge in [0.25, 0.3) is 0 Å². The zero-order valence-corrected chi connectivity index (χ0v) is 14.6. The zero-order chi connectivity index (χ0) is 16.1. The average molecular weight is 343 g/mol. The van der Waals surface area contributed by atoms with Gasteiger partial charge in [-0.3, -0.25) is 14.9 Å². The van der Waals surface area contributed by atoms with Gasteiger partial charge < -0.3 is 0 Å². The number of aromatic nitrogens is 2. The van der Waals surface area contributed by atoms with Crippen molar-refractivity contribution in [2.24, 2.45) is 5.92 Å². The summed E-state index contributed by atoms with van der Waals surface area (Å²) in [5.41, 5.74) is 4.09. The van der Waals surface area contributed by atoms with Crippen LogP contribution in [0.15, 0.2) is 30.5 Å². The van der Waals surface area contributed by atoms with Crippen LogP contribution in [0.1, 0.15) is 24.8 Å². The molecule has 5 heteroatoms. The minimum absolute atomic E-state index is 0.623. The molecule has 4 nitrogen and oxygen atoms in total. The second kappa shape index (κ2) is 5.58. The predicted octanol–water partition coefficient (Wildman–Crippen LogP) is 3.40. The molecule has 1 aliphatic heterocycles. The molecule has 3 aliphatic carbocycles. The predicted molar refractivity (Wildman–Crippen MR) is 96.0 cm³/mol. The molecule has 0 atom stereocenters. The molecule has 2 bridgehead atoms. The van der Waals surface area contributed by atoms with Crippen molar-refractivity contribution in [2.75, 3.05) is 26.2 Å². The molecule has 0 unspecified atom stereocenters. The van der Waals surface area contributed by atoms with Crippen LogP contribution in [0.5, 0.6) is 0 Å². The van der Waals surface area contributed by atoms with E-state index in [2.05, 4.69) is 26.1 Å². The number of H-pyrrole nitrogens is 1. The highest BCUT2D eigenvalue weighted by molar-refractivity contribution is 6.30. The number of hydrogen-bond acceptors (Lipinski definition) is 3. The third kappa shape index (κ3) is 2.40. The van der Waals surface area contributed by atoms with Crippen molar-refractivity contribution in [3.05, 3.63) is 41.0 Å². The van der Waals surface area contributed by atoms with Crippen LogP contribution < -0.4 is 0 Å². The molecule has 126 valence electrons. The van der Waals surface area contributed by atoms with Gasteiger partial charge in [0.15, 0.2) is 0 Å². The Balaban J connectivity index is 1.25. The molecule has 0 amide bonds. The maximum absolute atomic E-state index is 6.14. The largest absolute Gasteiger partial charge is 0.296 e. The Morgan fingerprint density at radius 1 is 1.17 bits per heavy atom. The van der Waals surface area contributed by atoms with Crippen LogP contribution in [0, 0.1) is 5.92 Å². The fourth-order valence-corrected chi connectivity index (χ4v) is 4.96. The number of aromatic amines is 1. The van der Waals surface area contributed by atoms with Gasteiger partial charge in [-0.15, -0.1) is 0 Å². The van der Waals surface area contributed by atoms with E-state index in [-0.39, 0.29) is 0 Å². The summed E-state index contributed by atoms with van der Waals surface area (Å²) in [5.74, 6) is 1.06. The Morgan fingerprint density at radius 2 is 1.96 bits per heavy atom. The molecule has 3 saturated carbocycles. The summed E-state index contributed by atoms with van der Waals surface area (Å²) in [7, 11) is 0. The highest BCUT2D eigenvalue weighted by Gasteiger charge is 2.59. The number of benzene rings is 1. The Kier molecular flexibility index (Phi) is 3.47. The van der Waals surface area contributed by atoms with Crippen molar-refractivity contribution in [2.45, 2.75) is 31.3 Å². The molecule has 1 aromatic heterocycles. The second-order valence-corrected chi connectivity index (χ2v) is 8.18. The van der Waals surface area contributed by atoms with Gasteiger partial charge in [0, 0.05) is 54.4 Å². The normalized spacial score (nSPS) is 30.0. The molecule has 6 rings (SSSR count). The Morgan fingerprint density at radius 3 is 2.62 bits per heavy atom. The summed E-state index contributed by atoms with van der Waals surface area (Å²) in [5, 5.41) is 8.19. The highest BCUT2D eigenvalue weighted by atomic mass is 35.5. The lowest BCUT2D eigenvalue weighted by Crippen LogP contribution is -2.70. The number of nitrogens with one attached hydrogen (secondary N) is 1. The molecule has 0 spiro atoms. The lowest BCUT2D eigenvalue weighted by atomic mass is 9.49. The van der Waals surface area contributed by atoms with Gasteiger partial charge in [0.2, 0.25) is 0 Å². The molecule has 0 radical (unpaired) electrons. The number of hydrogen-bond donors (Lipinski definition) is 1. The van der Waals surface area contributed by atoms with E-state index >= 15 is 0 Å². The van der Waals surface area contributed by atoms with E-state index in [0.717, 1.165) is 41.8 Å².